The van der Waals surface area contributed by atoms with Crippen molar-refractivity contribution in [2.75, 3.05) is 12.0 Å². The Morgan fingerprint density at radius 2 is 1.88 bits per heavy atom. The highest BCUT2D eigenvalue weighted by Gasteiger charge is 2.33. The van der Waals surface area contributed by atoms with Gasteiger partial charge in [-0.25, -0.2) is 4.79 Å². The molecule has 1 fully saturated rings. The molecule has 3 rings (SSSR count). The van der Waals surface area contributed by atoms with Gasteiger partial charge in [0.1, 0.15) is 0 Å². The number of rotatable bonds is 3. The summed E-state index contributed by atoms with van der Waals surface area (Å²) < 4.78 is 5.09. The van der Waals surface area contributed by atoms with Gasteiger partial charge in [-0.1, -0.05) is 53.8 Å². The number of ether oxygens (including phenoxy) is 1. The Morgan fingerprint density at radius 1 is 1.20 bits per heavy atom. The number of esters is 1. The average Bonchev–Trinajstić information content (AvgIpc) is 2.90. The van der Waals surface area contributed by atoms with Crippen molar-refractivity contribution in [2.45, 2.75) is 0 Å². The maximum absolute atomic E-state index is 12.7. The van der Waals surface area contributed by atoms with Gasteiger partial charge in [0, 0.05) is 5.02 Å². The SMILES string of the molecule is COC(=O)c1ccc(N2C(=O)C(=Cc3ccccc3Cl)SC2=S)cc1. The molecular formula is C18H12ClNO3S2. The third-order valence-corrected chi connectivity index (χ3v) is 5.18. The molecule has 126 valence electrons. The number of anilines is 1. The van der Waals surface area contributed by atoms with Crippen LogP contribution in [0.15, 0.2) is 53.4 Å². The van der Waals surface area contributed by atoms with E-state index in [1.54, 1.807) is 36.4 Å². The zero-order valence-electron chi connectivity index (χ0n) is 13.1. The number of carbonyl (C=O) groups excluding carboxylic acids is 2. The Balaban J connectivity index is 1.89. The van der Waals surface area contributed by atoms with Gasteiger partial charge >= 0.3 is 5.97 Å². The Bertz CT molecular complexity index is 893. The monoisotopic (exact) mass is 389 g/mol. The second-order valence-electron chi connectivity index (χ2n) is 5.08. The number of benzene rings is 2. The average molecular weight is 390 g/mol. The molecule has 7 heteroatoms. The number of methoxy groups -OCH3 is 1. The maximum atomic E-state index is 12.7. The lowest BCUT2D eigenvalue weighted by molar-refractivity contribution is -0.113. The normalized spacial score (nSPS) is 15.8. The number of hydrogen-bond donors (Lipinski definition) is 0. The van der Waals surface area contributed by atoms with E-state index in [1.165, 1.54) is 23.8 Å². The van der Waals surface area contributed by atoms with Gasteiger partial charge in [0.05, 0.1) is 23.3 Å². The molecule has 2 aromatic rings. The first kappa shape index (κ1) is 17.7. The lowest BCUT2D eigenvalue weighted by Gasteiger charge is -2.14. The fraction of sp³-hybridized carbons (Fsp3) is 0.0556. The lowest BCUT2D eigenvalue weighted by atomic mass is 10.2. The Morgan fingerprint density at radius 3 is 2.52 bits per heavy atom. The Kier molecular flexibility index (Phi) is 5.22. The number of nitrogens with zero attached hydrogens (tertiary/aromatic N) is 1. The summed E-state index contributed by atoms with van der Waals surface area (Å²) in [6.45, 7) is 0. The second kappa shape index (κ2) is 7.39. The van der Waals surface area contributed by atoms with E-state index in [-0.39, 0.29) is 5.91 Å². The molecule has 4 nitrogen and oxygen atoms in total. The van der Waals surface area contributed by atoms with Crippen LogP contribution in [-0.4, -0.2) is 23.3 Å². The van der Waals surface area contributed by atoms with Gasteiger partial charge in [-0.15, -0.1) is 0 Å². The summed E-state index contributed by atoms with van der Waals surface area (Å²) in [4.78, 5) is 26.2. The van der Waals surface area contributed by atoms with Crippen molar-refractivity contribution in [1.29, 1.82) is 0 Å². The van der Waals surface area contributed by atoms with Crippen molar-refractivity contribution in [3.05, 3.63) is 69.6 Å². The van der Waals surface area contributed by atoms with Crippen molar-refractivity contribution in [3.8, 4) is 0 Å². The molecule has 0 spiro atoms. The molecule has 0 radical (unpaired) electrons. The van der Waals surface area contributed by atoms with Gasteiger partial charge in [0.2, 0.25) is 0 Å². The fourth-order valence-corrected chi connectivity index (χ4v) is 3.77. The topological polar surface area (TPSA) is 46.6 Å². The van der Waals surface area contributed by atoms with Crippen molar-refractivity contribution in [2.24, 2.45) is 0 Å². The van der Waals surface area contributed by atoms with Crippen LogP contribution in [-0.2, 0) is 9.53 Å². The minimum atomic E-state index is -0.435. The largest absolute Gasteiger partial charge is 0.465 e. The zero-order chi connectivity index (χ0) is 18.0. The molecule has 25 heavy (non-hydrogen) atoms. The van der Waals surface area contributed by atoms with Crippen molar-refractivity contribution >= 4 is 63.5 Å². The standard InChI is InChI=1S/C18H12ClNO3S2/c1-23-17(22)11-6-8-13(9-7-11)20-16(21)15(25-18(20)24)10-12-4-2-3-5-14(12)19/h2-10H,1H3. The Labute approximate surface area is 159 Å². The molecule has 2 aromatic carbocycles. The molecule has 0 N–H and O–H groups in total. The van der Waals surface area contributed by atoms with E-state index in [0.29, 0.717) is 25.5 Å². The van der Waals surface area contributed by atoms with Crippen LogP contribution >= 0.6 is 35.6 Å². The van der Waals surface area contributed by atoms with Crippen LogP contribution in [0.4, 0.5) is 5.69 Å². The summed E-state index contributed by atoms with van der Waals surface area (Å²) in [5.74, 6) is -0.656. The molecular weight excluding hydrogens is 378 g/mol. The number of thiocarbonyl (C=S) groups is 1. The van der Waals surface area contributed by atoms with E-state index < -0.39 is 5.97 Å². The molecule has 0 saturated carbocycles. The molecule has 1 aliphatic heterocycles. The third kappa shape index (κ3) is 3.61. The van der Waals surface area contributed by atoms with Crippen LogP contribution in [0.1, 0.15) is 15.9 Å². The first-order valence-corrected chi connectivity index (χ1v) is 8.82. The lowest BCUT2D eigenvalue weighted by Crippen LogP contribution is -2.27. The van der Waals surface area contributed by atoms with E-state index in [4.69, 9.17) is 23.8 Å². The highest BCUT2D eigenvalue weighted by Crippen LogP contribution is 2.36. The molecule has 1 saturated heterocycles. The predicted octanol–water partition coefficient (Wildman–Crippen LogP) is 4.53. The molecule has 1 amide bonds. The first-order valence-electron chi connectivity index (χ1n) is 7.22. The van der Waals surface area contributed by atoms with Gasteiger partial charge in [0.25, 0.3) is 5.91 Å². The van der Waals surface area contributed by atoms with E-state index in [0.717, 1.165) is 5.56 Å². The van der Waals surface area contributed by atoms with Crippen LogP contribution in [0.3, 0.4) is 0 Å². The minimum absolute atomic E-state index is 0.222. The number of thioether (sulfide) groups is 1. The first-order chi connectivity index (χ1) is 12.0. The molecule has 0 bridgehead atoms. The summed E-state index contributed by atoms with van der Waals surface area (Å²) in [5.41, 5.74) is 1.76. The number of hydrogen-bond acceptors (Lipinski definition) is 5. The summed E-state index contributed by atoms with van der Waals surface area (Å²) in [5, 5.41) is 0.565. The van der Waals surface area contributed by atoms with Crippen LogP contribution in [0.2, 0.25) is 5.02 Å². The van der Waals surface area contributed by atoms with Crippen LogP contribution < -0.4 is 4.90 Å². The van der Waals surface area contributed by atoms with Crippen LogP contribution in [0.25, 0.3) is 6.08 Å². The summed E-state index contributed by atoms with van der Waals surface area (Å²) in [6.07, 6.45) is 1.73. The molecule has 0 unspecified atom stereocenters. The number of halogens is 1. The van der Waals surface area contributed by atoms with E-state index >= 15 is 0 Å². The quantitative estimate of drug-likeness (QED) is 0.438. The third-order valence-electron chi connectivity index (χ3n) is 3.53. The molecule has 1 heterocycles. The zero-order valence-corrected chi connectivity index (χ0v) is 15.5. The molecule has 0 aromatic heterocycles. The van der Waals surface area contributed by atoms with Crippen LogP contribution in [0.5, 0.6) is 0 Å². The highest BCUT2D eigenvalue weighted by atomic mass is 35.5. The Hall–Kier alpha value is -2.15. The van der Waals surface area contributed by atoms with E-state index in [9.17, 15) is 9.59 Å². The summed E-state index contributed by atoms with van der Waals surface area (Å²) in [6, 6.07) is 13.8. The van der Waals surface area contributed by atoms with Gasteiger partial charge < -0.3 is 4.74 Å². The van der Waals surface area contributed by atoms with Gasteiger partial charge in [-0.3, -0.25) is 9.69 Å². The van der Waals surface area contributed by atoms with E-state index in [2.05, 4.69) is 4.74 Å². The highest BCUT2D eigenvalue weighted by molar-refractivity contribution is 8.27. The summed E-state index contributed by atoms with van der Waals surface area (Å²) >= 11 is 12.7. The van der Waals surface area contributed by atoms with E-state index in [1.807, 2.05) is 18.2 Å². The predicted molar refractivity (Wildman–Crippen MR) is 105 cm³/mol. The number of carbonyl (C=O) groups is 2. The summed E-state index contributed by atoms with van der Waals surface area (Å²) in [7, 11) is 1.32. The van der Waals surface area contributed by atoms with Crippen molar-refractivity contribution in [3.63, 3.8) is 0 Å². The second-order valence-corrected chi connectivity index (χ2v) is 7.16. The smallest absolute Gasteiger partial charge is 0.337 e. The van der Waals surface area contributed by atoms with Gasteiger partial charge in [0.15, 0.2) is 4.32 Å². The van der Waals surface area contributed by atoms with Crippen molar-refractivity contribution in [1.82, 2.24) is 0 Å². The molecule has 1 aliphatic rings. The van der Waals surface area contributed by atoms with Gasteiger partial charge in [-0.2, -0.15) is 0 Å². The number of amides is 1. The van der Waals surface area contributed by atoms with Crippen molar-refractivity contribution < 1.29 is 14.3 Å². The molecule has 0 atom stereocenters. The molecule has 0 aliphatic carbocycles. The fourth-order valence-electron chi connectivity index (χ4n) is 2.29. The maximum Gasteiger partial charge on any atom is 0.337 e. The van der Waals surface area contributed by atoms with Gasteiger partial charge in [-0.05, 0) is 42.0 Å². The van der Waals surface area contributed by atoms with Crippen LogP contribution in [0, 0.1) is 0 Å². The minimum Gasteiger partial charge on any atom is -0.465 e.